The molecule has 3 amide bonds. The van der Waals surface area contributed by atoms with Crippen LogP contribution in [0, 0.1) is 6.92 Å². The monoisotopic (exact) mass is 441 g/mol. The molecule has 3 N–H and O–H groups in total. The van der Waals surface area contributed by atoms with Crippen molar-refractivity contribution in [1.29, 1.82) is 0 Å². The molecule has 0 unspecified atom stereocenters. The van der Waals surface area contributed by atoms with E-state index in [1.807, 2.05) is 19.1 Å². The first-order valence-corrected chi connectivity index (χ1v) is 9.06. The summed E-state index contributed by atoms with van der Waals surface area (Å²) in [4.78, 5) is 36.3. The van der Waals surface area contributed by atoms with E-state index in [9.17, 15) is 14.4 Å². The number of amides is 3. The van der Waals surface area contributed by atoms with E-state index in [-0.39, 0.29) is 11.7 Å². The molecule has 7 nitrogen and oxygen atoms in total. The van der Waals surface area contributed by atoms with Gasteiger partial charge < -0.3 is 9.73 Å². The normalized spacial score (nSPS) is 10.2. The Morgan fingerprint density at radius 2 is 1.50 bits per heavy atom. The van der Waals surface area contributed by atoms with Crippen LogP contribution in [0.1, 0.15) is 36.8 Å². The van der Waals surface area contributed by atoms with Crippen molar-refractivity contribution < 1.29 is 18.8 Å². The number of carbonyl (C=O) groups is 3. The Morgan fingerprint density at radius 3 is 2.14 bits per heavy atom. The van der Waals surface area contributed by atoms with E-state index >= 15 is 0 Å². The topological polar surface area (TPSA) is 100 Å². The average molecular weight is 442 g/mol. The van der Waals surface area contributed by atoms with E-state index in [0.717, 1.165) is 5.56 Å². The van der Waals surface area contributed by atoms with Crippen LogP contribution in [-0.2, 0) is 0 Å². The predicted molar refractivity (Wildman–Crippen MR) is 107 cm³/mol. The molecule has 2 aromatic carbocycles. The second-order valence-electron chi connectivity index (χ2n) is 5.86. The van der Waals surface area contributed by atoms with Gasteiger partial charge in [0.2, 0.25) is 0 Å². The number of anilines is 1. The number of nitrogens with one attached hydrogen (secondary N) is 3. The zero-order valence-corrected chi connectivity index (χ0v) is 16.4. The second-order valence-corrected chi connectivity index (χ2v) is 6.64. The fraction of sp³-hybridized carbons (Fsp3) is 0.0500. The zero-order chi connectivity index (χ0) is 20.1. The van der Waals surface area contributed by atoms with Crippen molar-refractivity contribution in [3.63, 3.8) is 0 Å². The molecule has 0 saturated heterocycles. The first-order valence-electron chi connectivity index (χ1n) is 8.27. The maximum atomic E-state index is 12.3. The van der Waals surface area contributed by atoms with Crippen LogP contribution in [0.25, 0.3) is 0 Å². The van der Waals surface area contributed by atoms with Crippen LogP contribution in [0.2, 0.25) is 0 Å². The average Bonchev–Trinajstić information content (AvgIpc) is 3.13. The molecule has 0 saturated carbocycles. The van der Waals surface area contributed by atoms with Gasteiger partial charge in [-0.25, -0.2) is 0 Å². The summed E-state index contributed by atoms with van der Waals surface area (Å²) < 4.78 is 5.50. The number of furan rings is 1. The number of aryl methyl sites for hydroxylation is 1. The van der Waals surface area contributed by atoms with E-state index in [0.29, 0.717) is 21.5 Å². The number of hydrogen-bond donors (Lipinski definition) is 3. The summed E-state index contributed by atoms with van der Waals surface area (Å²) in [6.07, 6.45) is 0. The Kier molecular flexibility index (Phi) is 5.90. The molecule has 0 aliphatic rings. The van der Waals surface area contributed by atoms with Gasteiger partial charge >= 0.3 is 5.91 Å². The molecule has 28 heavy (non-hydrogen) atoms. The maximum absolute atomic E-state index is 12.3. The standard InChI is InChI=1S/C20H16BrN3O4/c1-12-4-2-3-5-15(12)19(26)22-14-8-6-13(7-9-14)18(25)23-24-20(27)16-10-11-17(21)28-16/h2-11H,1H3,(H,22,26)(H,23,25)(H,24,27). The molecule has 0 aliphatic heterocycles. The Labute approximate surface area is 169 Å². The summed E-state index contributed by atoms with van der Waals surface area (Å²) in [5.74, 6) is -1.26. The SMILES string of the molecule is Cc1ccccc1C(=O)Nc1ccc(C(=O)NNC(=O)c2ccc(Br)o2)cc1. The number of hydrazine groups is 1. The molecule has 0 radical (unpaired) electrons. The Bertz CT molecular complexity index is 1030. The minimum Gasteiger partial charge on any atom is -0.444 e. The maximum Gasteiger partial charge on any atom is 0.305 e. The second kappa shape index (κ2) is 8.53. The third kappa shape index (κ3) is 4.66. The van der Waals surface area contributed by atoms with E-state index < -0.39 is 11.8 Å². The predicted octanol–water partition coefficient (Wildman–Crippen LogP) is 3.68. The fourth-order valence-corrected chi connectivity index (χ4v) is 2.72. The summed E-state index contributed by atoms with van der Waals surface area (Å²) in [5, 5.41) is 2.78. The minimum absolute atomic E-state index is 0.0569. The van der Waals surface area contributed by atoms with Crippen LogP contribution in [0.15, 0.2) is 69.8 Å². The molecule has 0 spiro atoms. The van der Waals surface area contributed by atoms with Gasteiger partial charge in [-0.3, -0.25) is 25.2 Å². The van der Waals surface area contributed by atoms with Gasteiger partial charge in [-0.05, 0) is 70.9 Å². The molecule has 0 bridgehead atoms. The van der Waals surface area contributed by atoms with Crippen LogP contribution < -0.4 is 16.2 Å². The molecule has 0 fully saturated rings. The summed E-state index contributed by atoms with van der Waals surface area (Å²) in [6, 6.07) is 16.6. The molecule has 1 heterocycles. The third-order valence-electron chi connectivity index (χ3n) is 3.88. The Hall–Kier alpha value is -3.39. The van der Waals surface area contributed by atoms with Crippen molar-refractivity contribution in [2.24, 2.45) is 0 Å². The lowest BCUT2D eigenvalue weighted by atomic mass is 10.1. The fourth-order valence-electron chi connectivity index (χ4n) is 2.41. The number of benzene rings is 2. The van der Waals surface area contributed by atoms with E-state index in [2.05, 4.69) is 32.1 Å². The number of rotatable bonds is 4. The van der Waals surface area contributed by atoms with Crippen molar-refractivity contribution in [2.75, 3.05) is 5.32 Å². The quantitative estimate of drug-likeness (QED) is 0.537. The third-order valence-corrected chi connectivity index (χ3v) is 4.31. The van der Waals surface area contributed by atoms with Gasteiger partial charge in [0.15, 0.2) is 10.4 Å². The minimum atomic E-state index is -0.582. The molecule has 3 rings (SSSR count). The molecule has 142 valence electrons. The first kappa shape index (κ1) is 19.4. The summed E-state index contributed by atoms with van der Waals surface area (Å²) in [7, 11) is 0. The Morgan fingerprint density at radius 1 is 0.821 bits per heavy atom. The molecular weight excluding hydrogens is 426 g/mol. The van der Waals surface area contributed by atoms with Gasteiger partial charge in [-0.15, -0.1) is 0 Å². The van der Waals surface area contributed by atoms with Crippen LogP contribution >= 0.6 is 15.9 Å². The largest absolute Gasteiger partial charge is 0.444 e. The number of carbonyl (C=O) groups excluding carboxylic acids is 3. The summed E-state index contributed by atoms with van der Waals surface area (Å²) in [6.45, 7) is 1.86. The molecule has 1 aromatic heterocycles. The highest BCUT2D eigenvalue weighted by Gasteiger charge is 2.13. The lowest BCUT2D eigenvalue weighted by Crippen LogP contribution is -2.41. The highest BCUT2D eigenvalue weighted by atomic mass is 79.9. The highest BCUT2D eigenvalue weighted by molar-refractivity contribution is 9.10. The van der Waals surface area contributed by atoms with E-state index in [1.165, 1.54) is 6.07 Å². The van der Waals surface area contributed by atoms with E-state index in [1.54, 1.807) is 42.5 Å². The molecule has 0 atom stereocenters. The molecule has 0 aliphatic carbocycles. The van der Waals surface area contributed by atoms with Gasteiger partial charge in [-0.2, -0.15) is 0 Å². The van der Waals surface area contributed by atoms with E-state index in [4.69, 9.17) is 4.42 Å². The van der Waals surface area contributed by atoms with Crippen molar-refractivity contribution in [3.8, 4) is 0 Å². The lowest BCUT2D eigenvalue weighted by molar-refractivity contribution is 0.0830. The molecule has 3 aromatic rings. The van der Waals surface area contributed by atoms with Gasteiger partial charge in [0, 0.05) is 16.8 Å². The Balaban J connectivity index is 1.57. The van der Waals surface area contributed by atoms with Crippen molar-refractivity contribution >= 4 is 39.3 Å². The van der Waals surface area contributed by atoms with Crippen molar-refractivity contribution in [3.05, 3.63) is 87.8 Å². The highest BCUT2D eigenvalue weighted by Crippen LogP contribution is 2.15. The number of halogens is 1. The molecule has 8 heteroatoms. The van der Waals surface area contributed by atoms with Crippen LogP contribution in [-0.4, -0.2) is 17.7 Å². The summed E-state index contributed by atoms with van der Waals surface area (Å²) >= 11 is 3.10. The summed E-state index contributed by atoms with van der Waals surface area (Å²) in [5.41, 5.74) is 6.88. The van der Waals surface area contributed by atoms with Gasteiger partial charge in [-0.1, -0.05) is 18.2 Å². The number of hydrogen-bond acceptors (Lipinski definition) is 4. The van der Waals surface area contributed by atoms with Gasteiger partial charge in [0.05, 0.1) is 0 Å². The van der Waals surface area contributed by atoms with Crippen molar-refractivity contribution in [2.45, 2.75) is 6.92 Å². The smallest absolute Gasteiger partial charge is 0.305 e. The van der Waals surface area contributed by atoms with Crippen LogP contribution in [0.5, 0.6) is 0 Å². The lowest BCUT2D eigenvalue weighted by Gasteiger charge is -2.09. The van der Waals surface area contributed by atoms with Crippen LogP contribution in [0.4, 0.5) is 5.69 Å². The first-order chi connectivity index (χ1) is 13.4. The molecular formula is C20H16BrN3O4. The van der Waals surface area contributed by atoms with Gasteiger partial charge in [0.1, 0.15) is 0 Å². The van der Waals surface area contributed by atoms with Crippen molar-refractivity contribution in [1.82, 2.24) is 10.9 Å². The van der Waals surface area contributed by atoms with Gasteiger partial charge in [0.25, 0.3) is 11.8 Å². The van der Waals surface area contributed by atoms with Crippen LogP contribution in [0.3, 0.4) is 0 Å². The zero-order valence-electron chi connectivity index (χ0n) is 14.8.